The van der Waals surface area contributed by atoms with E-state index in [2.05, 4.69) is 158 Å². The summed E-state index contributed by atoms with van der Waals surface area (Å²) in [5.74, 6) is 0. The maximum atomic E-state index is 2.42. The second kappa shape index (κ2) is 9.39. The van der Waals surface area contributed by atoms with Crippen LogP contribution in [0.15, 0.2) is 158 Å². The van der Waals surface area contributed by atoms with Gasteiger partial charge in [0.25, 0.3) is 0 Å². The topological polar surface area (TPSA) is 0 Å². The number of hydrogen-bond acceptors (Lipinski definition) is 1. The van der Waals surface area contributed by atoms with Crippen molar-refractivity contribution in [1.82, 2.24) is 0 Å². The molecule has 0 bridgehead atoms. The second-order valence-corrected chi connectivity index (χ2v) is 13.8. The molecular weight excluding hydrogens is 585 g/mol. The zero-order chi connectivity index (χ0) is 30.6. The molecule has 0 aliphatic carbocycles. The van der Waals surface area contributed by atoms with Crippen LogP contribution in [0.1, 0.15) is 0 Å². The first-order valence-electron chi connectivity index (χ1n) is 16.3. The van der Waals surface area contributed by atoms with Crippen LogP contribution in [0.2, 0.25) is 0 Å². The molecule has 0 saturated heterocycles. The maximum Gasteiger partial charge on any atom is 0.0434 e. The lowest BCUT2D eigenvalue weighted by Crippen LogP contribution is -1.90. The fourth-order valence-electron chi connectivity index (χ4n) is 8.34. The largest absolute Gasteiger partial charge is 0.135 e. The van der Waals surface area contributed by atoms with Crippen molar-refractivity contribution in [1.29, 1.82) is 0 Å². The fourth-order valence-corrected chi connectivity index (χ4v) is 9.59. The molecule has 1 heterocycles. The zero-order valence-electron chi connectivity index (χ0n) is 25.4. The lowest BCUT2D eigenvalue weighted by Gasteiger charge is -2.18. The first kappa shape index (κ1) is 25.4. The van der Waals surface area contributed by atoms with Crippen molar-refractivity contribution in [3.8, 4) is 22.3 Å². The minimum absolute atomic E-state index is 1.24. The third kappa shape index (κ3) is 3.47. The van der Waals surface area contributed by atoms with Gasteiger partial charge >= 0.3 is 0 Å². The van der Waals surface area contributed by atoms with Gasteiger partial charge in [0, 0.05) is 20.2 Å². The van der Waals surface area contributed by atoms with E-state index in [1.54, 1.807) is 0 Å². The summed E-state index contributed by atoms with van der Waals surface area (Å²) < 4.78 is 2.69. The van der Waals surface area contributed by atoms with E-state index in [0.29, 0.717) is 0 Å². The Morgan fingerprint density at radius 3 is 1.62 bits per heavy atom. The van der Waals surface area contributed by atoms with Gasteiger partial charge in [-0.1, -0.05) is 140 Å². The van der Waals surface area contributed by atoms with Crippen molar-refractivity contribution in [3.05, 3.63) is 158 Å². The van der Waals surface area contributed by atoms with Gasteiger partial charge in [-0.2, -0.15) is 0 Å². The summed E-state index contributed by atoms with van der Waals surface area (Å²) in [5, 5.41) is 18.7. The van der Waals surface area contributed by atoms with Gasteiger partial charge in [0.2, 0.25) is 0 Å². The number of hydrogen-bond donors (Lipinski definition) is 0. The molecule has 10 aromatic carbocycles. The summed E-state index contributed by atoms with van der Waals surface area (Å²) in [7, 11) is 0. The molecule has 0 N–H and O–H groups in total. The van der Waals surface area contributed by atoms with Crippen LogP contribution in [0.4, 0.5) is 0 Å². The molecular formula is C46H26S. The van der Waals surface area contributed by atoms with Gasteiger partial charge in [0.1, 0.15) is 0 Å². The summed E-state index contributed by atoms with van der Waals surface area (Å²) in [6, 6.07) is 58.8. The highest BCUT2D eigenvalue weighted by molar-refractivity contribution is 7.26. The molecule has 0 atom stereocenters. The molecule has 0 saturated carbocycles. The van der Waals surface area contributed by atoms with Crippen molar-refractivity contribution in [2.24, 2.45) is 0 Å². The highest BCUT2D eigenvalue weighted by Gasteiger charge is 2.18. The SMILES string of the molecule is c1cc(-c2ccc3c(c2)c2cccc4c5ccccc5c5cccc3c5c42)cc(-c2cccc3c2sc2ccc4ccccc4c23)c1. The van der Waals surface area contributed by atoms with E-state index in [4.69, 9.17) is 0 Å². The summed E-state index contributed by atoms with van der Waals surface area (Å²) in [5.41, 5.74) is 5.03. The minimum Gasteiger partial charge on any atom is -0.135 e. The van der Waals surface area contributed by atoms with E-state index in [-0.39, 0.29) is 0 Å². The van der Waals surface area contributed by atoms with Crippen LogP contribution in [0, 0.1) is 0 Å². The molecule has 1 aromatic heterocycles. The van der Waals surface area contributed by atoms with Crippen LogP contribution < -0.4 is 0 Å². The van der Waals surface area contributed by atoms with Gasteiger partial charge in [-0.3, -0.25) is 0 Å². The number of benzene rings is 10. The molecule has 0 nitrogen and oxygen atoms in total. The number of thiophene rings is 1. The Morgan fingerprint density at radius 2 is 0.851 bits per heavy atom. The van der Waals surface area contributed by atoms with E-state index < -0.39 is 0 Å². The average molecular weight is 611 g/mol. The van der Waals surface area contributed by atoms with Crippen LogP contribution in [-0.2, 0) is 0 Å². The van der Waals surface area contributed by atoms with Crippen molar-refractivity contribution in [2.75, 3.05) is 0 Å². The lowest BCUT2D eigenvalue weighted by molar-refractivity contribution is 1.63. The fraction of sp³-hybridized carbons (Fsp3) is 0. The van der Waals surface area contributed by atoms with Gasteiger partial charge in [-0.25, -0.2) is 0 Å². The highest BCUT2D eigenvalue weighted by atomic mass is 32.1. The Hall–Kier alpha value is -5.76. The predicted molar refractivity (Wildman–Crippen MR) is 206 cm³/mol. The van der Waals surface area contributed by atoms with Crippen molar-refractivity contribution in [3.63, 3.8) is 0 Å². The van der Waals surface area contributed by atoms with Gasteiger partial charge < -0.3 is 0 Å². The standard InChI is InChI=1S/C46H26S/c1-2-12-31-27(9-1)22-24-42-43(31)40-20-6-15-32(46(40)47-42)30-11-5-10-28(25-30)29-21-23-35-38-18-7-16-36-33-13-3-4-14-34(33)37-17-8-19-39(41(35)26-29)45(37)44(36)38/h1-26H. The van der Waals surface area contributed by atoms with Crippen LogP contribution in [0.25, 0.3) is 107 Å². The van der Waals surface area contributed by atoms with E-state index in [0.717, 1.165) is 0 Å². The molecule has 0 fully saturated rings. The Labute approximate surface area is 275 Å². The molecule has 0 unspecified atom stereocenters. The molecule has 11 rings (SSSR count). The summed E-state index contributed by atoms with van der Waals surface area (Å²) in [4.78, 5) is 0. The molecule has 0 aliphatic rings. The zero-order valence-corrected chi connectivity index (χ0v) is 26.2. The molecule has 0 radical (unpaired) electrons. The van der Waals surface area contributed by atoms with Crippen molar-refractivity contribution >= 4 is 96.1 Å². The van der Waals surface area contributed by atoms with Gasteiger partial charge in [0.15, 0.2) is 0 Å². The van der Waals surface area contributed by atoms with Crippen LogP contribution in [0.5, 0.6) is 0 Å². The Kier molecular flexibility index (Phi) is 5.08. The minimum atomic E-state index is 1.24. The monoisotopic (exact) mass is 610 g/mol. The molecule has 0 amide bonds. The van der Waals surface area contributed by atoms with Gasteiger partial charge in [-0.05, 0) is 105 Å². The average Bonchev–Trinajstić information content (AvgIpc) is 3.54. The van der Waals surface area contributed by atoms with E-state index in [1.165, 1.54) is 107 Å². The molecule has 1 heteroatoms. The predicted octanol–water partition coefficient (Wildman–Crippen LogP) is 13.7. The normalized spacial score (nSPS) is 12.3. The first-order valence-corrected chi connectivity index (χ1v) is 17.1. The smallest absolute Gasteiger partial charge is 0.0434 e. The Morgan fingerprint density at radius 1 is 0.298 bits per heavy atom. The molecule has 216 valence electrons. The van der Waals surface area contributed by atoms with E-state index in [1.807, 2.05) is 11.3 Å². The molecule has 47 heavy (non-hydrogen) atoms. The molecule has 0 spiro atoms. The lowest BCUT2D eigenvalue weighted by atomic mass is 9.85. The van der Waals surface area contributed by atoms with E-state index in [9.17, 15) is 0 Å². The third-order valence-electron chi connectivity index (χ3n) is 10.4. The Balaban J connectivity index is 1.14. The van der Waals surface area contributed by atoms with Crippen LogP contribution >= 0.6 is 11.3 Å². The van der Waals surface area contributed by atoms with Crippen LogP contribution in [0.3, 0.4) is 0 Å². The van der Waals surface area contributed by atoms with Crippen molar-refractivity contribution < 1.29 is 0 Å². The summed E-state index contributed by atoms with van der Waals surface area (Å²) in [6.45, 7) is 0. The maximum absolute atomic E-state index is 2.42. The van der Waals surface area contributed by atoms with Crippen molar-refractivity contribution in [2.45, 2.75) is 0 Å². The highest BCUT2D eigenvalue weighted by Crippen LogP contribution is 2.46. The summed E-state index contributed by atoms with van der Waals surface area (Å²) in [6.07, 6.45) is 0. The van der Waals surface area contributed by atoms with Gasteiger partial charge in [-0.15, -0.1) is 11.3 Å². The van der Waals surface area contributed by atoms with Crippen LogP contribution in [-0.4, -0.2) is 0 Å². The summed E-state index contributed by atoms with van der Waals surface area (Å²) >= 11 is 1.91. The molecule has 0 aliphatic heterocycles. The first-order chi connectivity index (χ1) is 23.3. The number of rotatable bonds is 2. The molecule has 11 aromatic rings. The third-order valence-corrected chi connectivity index (χ3v) is 11.6. The Bertz CT molecular complexity index is 3070. The van der Waals surface area contributed by atoms with Gasteiger partial charge in [0.05, 0.1) is 0 Å². The quantitative estimate of drug-likeness (QED) is 0.135. The second-order valence-electron chi connectivity index (χ2n) is 12.8. The number of fused-ring (bicyclic) bond motifs is 11. The van der Waals surface area contributed by atoms with E-state index >= 15 is 0 Å².